The van der Waals surface area contributed by atoms with E-state index >= 15 is 0 Å². The average molecular weight is 460 g/mol. The zero-order valence-corrected chi connectivity index (χ0v) is 20.7. The number of nitrogens with one attached hydrogen (secondary N) is 1. The fraction of sp³-hybridized carbons (Fsp3) is 0.818. The molecule has 0 aliphatic carbocycles. The predicted molar refractivity (Wildman–Crippen MR) is 121 cm³/mol. The van der Waals surface area contributed by atoms with Crippen LogP contribution in [0.1, 0.15) is 68.2 Å². The van der Waals surface area contributed by atoms with Crippen LogP contribution in [0.3, 0.4) is 0 Å². The van der Waals surface area contributed by atoms with E-state index in [-0.39, 0.29) is 44.4 Å². The van der Waals surface area contributed by atoms with E-state index in [1.807, 2.05) is 30.6 Å². The topological polar surface area (TPSA) is 147 Å². The van der Waals surface area contributed by atoms with Gasteiger partial charge in [-0.15, -0.1) is 0 Å². The summed E-state index contributed by atoms with van der Waals surface area (Å²) in [5, 5.41) is 30.9. The van der Waals surface area contributed by atoms with E-state index in [1.54, 1.807) is 27.7 Å². The zero-order chi connectivity index (χ0) is 25.5. The monoisotopic (exact) mass is 459 g/mol. The summed E-state index contributed by atoms with van der Waals surface area (Å²) < 4.78 is 0. The van der Waals surface area contributed by atoms with Crippen molar-refractivity contribution in [1.29, 1.82) is 0 Å². The Balaban J connectivity index is 5.97. The maximum atomic E-state index is 11.8. The molecule has 0 radical (unpaired) electrons. The van der Waals surface area contributed by atoms with Gasteiger partial charge in [0.1, 0.15) is 5.78 Å². The van der Waals surface area contributed by atoms with Crippen LogP contribution in [-0.4, -0.2) is 92.2 Å². The second-order valence-corrected chi connectivity index (χ2v) is 10.4. The fourth-order valence-corrected chi connectivity index (χ4v) is 3.89. The zero-order valence-electron chi connectivity index (χ0n) is 20.7. The third kappa shape index (κ3) is 10.1. The normalized spacial score (nSPS) is 13.9. The Morgan fingerprint density at radius 1 is 0.875 bits per heavy atom. The van der Waals surface area contributed by atoms with E-state index < -0.39 is 34.4 Å². The molecule has 0 rings (SSSR count). The van der Waals surface area contributed by atoms with Crippen molar-refractivity contribution in [2.45, 2.75) is 85.4 Å². The van der Waals surface area contributed by atoms with Crippen LogP contribution in [-0.2, 0) is 19.2 Å². The Bertz CT molecular complexity index is 689. The molecule has 1 atom stereocenters. The van der Waals surface area contributed by atoms with Crippen molar-refractivity contribution in [2.75, 3.05) is 26.3 Å². The summed E-state index contributed by atoms with van der Waals surface area (Å²) in [7, 11) is 0. The van der Waals surface area contributed by atoms with Crippen molar-refractivity contribution >= 4 is 23.7 Å². The molecule has 0 bridgehead atoms. The van der Waals surface area contributed by atoms with Crippen molar-refractivity contribution in [3.05, 3.63) is 0 Å². The molecule has 0 saturated heterocycles. The number of nitrogens with zero attached hydrogens (tertiary/aromatic N) is 2. The summed E-state index contributed by atoms with van der Waals surface area (Å²) in [4.78, 5) is 49.9. The molecule has 10 heteroatoms. The molecule has 1 unspecified atom stereocenters. The summed E-state index contributed by atoms with van der Waals surface area (Å²) in [6.45, 7) is 14.3. The molecule has 0 saturated carbocycles. The lowest BCUT2D eigenvalue weighted by molar-refractivity contribution is -0.150. The van der Waals surface area contributed by atoms with Crippen LogP contribution >= 0.6 is 0 Å². The summed E-state index contributed by atoms with van der Waals surface area (Å²) in [6.07, 6.45) is 0.0642. The molecule has 10 nitrogen and oxygen atoms in total. The third-order valence-electron chi connectivity index (χ3n) is 5.64. The maximum absolute atomic E-state index is 11.8. The van der Waals surface area contributed by atoms with Gasteiger partial charge in [0.2, 0.25) is 0 Å². The van der Waals surface area contributed by atoms with E-state index in [9.17, 15) is 29.4 Å². The highest BCUT2D eigenvalue weighted by Gasteiger charge is 2.41. The minimum Gasteiger partial charge on any atom is -0.481 e. The van der Waals surface area contributed by atoms with Gasteiger partial charge < -0.3 is 15.3 Å². The molecule has 0 aromatic carbocycles. The summed E-state index contributed by atoms with van der Waals surface area (Å²) in [5.74, 6) is -2.99. The molecule has 0 aromatic rings. The highest BCUT2D eigenvalue weighted by atomic mass is 16.4. The predicted octanol–water partition coefficient (Wildman–Crippen LogP) is 1.73. The van der Waals surface area contributed by atoms with E-state index in [0.717, 1.165) is 0 Å². The second-order valence-electron chi connectivity index (χ2n) is 10.4. The summed E-state index contributed by atoms with van der Waals surface area (Å²) >= 11 is 0. The third-order valence-corrected chi connectivity index (χ3v) is 5.64. The van der Waals surface area contributed by atoms with Crippen molar-refractivity contribution in [3.8, 4) is 0 Å². The lowest BCUT2D eigenvalue weighted by atomic mass is 9.87. The molecule has 32 heavy (non-hydrogen) atoms. The van der Waals surface area contributed by atoms with Gasteiger partial charge in [0.15, 0.2) is 0 Å². The summed E-state index contributed by atoms with van der Waals surface area (Å²) in [6, 6.07) is -0.291. The number of hydrogen-bond donors (Lipinski definition) is 4. The highest BCUT2D eigenvalue weighted by Crippen LogP contribution is 2.29. The molecule has 0 aliphatic heterocycles. The van der Waals surface area contributed by atoms with Crippen LogP contribution in [0, 0.1) is 5.41 Å². The van der Waals surface area contributed by atoms with Gasteiger partial charge >= 0.3 is 17.9 Å². The largest absolute Gasteiger partial charge is 0.481 e. The van der Waals surface area contributed by atoms with E-state index in [4.69, 9.17) is 5.11 Å². The molecule has 0 fully saturated rings. The van der Waals surface area contributed by atoms with Gasteiger partial charge in [0.25, 0.3) is 0 Å². The van der Waals surface area contributed by atoms with Gasteiger partial charge in [-0.3, -0.25) is 34.3 Å². The van der Waals surface area contributed by atoms with Crippen LogP contribution in [0.5, 0.6) is 0 Å². The Morgan fingerprint density at radius 2 is 1.41 bits per heavy atom. The molecular weight excluding hydrogens is 418 g/mol. The molecular formula is C22H41N3O7. The number of ketones is 1. The van der Waals surface area contributed by atoms with Crippen molar-refractivity contribution in [1.82, 2.24) is 15.1 Å². The van der Waals surface area contributed by atoms with Gasteiger partial charge in [0, 0.05) is 43.3 Å². The second kappa shape index (κ2) is 11.7. The molecule has 0 spiro atoms. The Morgan fingerprint density at radius 3 is 1.81 bits per heavy atom. The molecule has 0 amide bonds. The first-order valence-electron chi connectivity index (χ1n) is 10.7. The Kier molecular flexibility index (Phi) is 11.0. The number of carbonyl (C=O) groups excluding carboxylic acids is 1. The van der Waals surface area contributed by atoms with Crippen LogP contribution in [0.2, 0.25) is 0 Å². The number of carbonyl (C=O) groups is 4. The number of hydrogen-bond acceptors (Lipinski definition) is 7. The molecule has 0 aliphatic rings. The van der Waals surface area contributed by atoms with Gasteiger partial charge in [-0.05, 0) is 55.4 Å². The van der Waals surface area contributed by atoms with Crippen LogP contribution in [0.25, 0.3) is 0 Å². The molecule has 186 valence electrons. The quantitative estimate of drug-likeness (QED) is 0.252. The smallest absolute Gasteiger partial charge is 0.317 e. The first kappa shape index (κ1) is 30.0. The lowest BCUT2D eigenvalue weighted by Crippen LogP contribution is -2.60. The first-order valence-corrected chi connectivity index (χ1v) is 10.7. The highest BCUT2D eigenvalue weighted by molar-refractivity contribution is 5.76. The fourth-order valence-electron chi connectivity index (χ4n) is 3.89. The number of Topliss-reactive ketones (excluding diaryl/α,β-unsaturated/α-hetero) is 1. The van der Waals surface area contributed by atoms with Crippen LogP contribution < -0.4 is 5.32 Å². The molecule has 0 heterocycles. The van der Waals surface area contributed by atoms with E-state index in [2.05, 4.69) is 5.32 Å². The number of carboxylic acid groups (broad SMARTS) is 3. The van der Waals surface area contributed by atoms with Crippen molar-refractivity contribution in [3.63, 3.8) is 0 Å². The minimum absolute atomic E-state index is 0.0130. The number of rotatable bonds is 16. The van der Waals surface area contributed by atoms with Crippen molar-refractivity contribution in [2.24, 2.45) is 5.41 Å². The lowest BCUT2D eigenvalue weighted by Gasteiger charge is -2.48. The Labute approximate surface area is 191 Å². The minimum atomic E-state index is -1.12. The number of aliphatic carboxylic acids is 3. The SMILES string of the molecule is CC(=O)CC(C)(C)N(CNCC(=O)O)CC(C)N(CC(C)(C)C(=O)O)C(C)(C)CC(=O)O. The van der Waals surface area contributed by atoms with Crippen LogP contribution in [0.15, 0.2) is 0 Å². The van der Waals surface area contributed by atoms with Gasteiger partial charge in [-0.25, -0.2) is 0 Å². The average Bonchev–Trinajstić information content (AvgIpc) is 2.55. The summed E-state index contributed by atoms with van der Waals surface area (Å²) in [5.41, 5.74) is -2.56. The Hall–Kier alpha value is -2.04. The standard InChI is InChI=1S/C22H41N3O7/c1-15(12-24(14-23-11-18(29)30)21(5,6)9-16(2)26)25(13-20(3,4)19(31)32)22(7,8)10-17(27)28/h15,23H,9-14H2,1-8H3,(H,27,28)(H,29,30)(H,31,32). The van der Waals surface area contributed by atoms with Gasteiger partial charge in [-0.1, -0.05) is 0 Å². The first-order chi connectivity index (χ1) is 14.3. The maximum Gasteiger partial charge on any atom is 0.317 e. The van der Waals surface area contributed by atoms with E-state index in [1.165, 1.54) is 6.92 Å². The van der Waals surface area contributed by atoms with E-state index in [0.29, 0.717) is 6.54 Å². The van der Waals surface area contributed by atoms with Crippen molar-refractivity contribution < 1.29 is 34.5 Å². The molecule has 4 N–H and O–H groups in total. The molecule has 0 aromatic heterocycles. The number of carboxylic acids is 3. The van der Waals surface area contributed by atoms with Gasteiger partial charge in [0.05, 0.1) is 18.4 Å². The van der Waals surface area contributed by atoms with Gasteiger partial charge in [-0.2, -0.15) is 0 Å². The van der Waals surface area contributed by atoms with Crippen LogP contribution in [0.4, 0.5) is 0 Å².